The standard InChI is InChI=1S/C15H21N/c1-10(16)13-9-8-12-5-2-4-11-6-3-7-14(13)15(11)12/h8-11H,2-7,16H2,1H3. The number of benzene rings is 1. The Labute approximate surface area is 98.0 Å². The molecule has 0 amide bonds. The van der Waals surface area contributed by atoms with Crippen molar-refractivity contribution in [3.8, 4) is 0 Å². The van der Waals surface area contributed by atoms with Crippen molar-refractivity contribution in [3.05, 3.63) is 34.4 Å². The summed E-state index contributed by atoms with van der Waals surface area (Å²) in [6.45, 7) is 2.12. The van der Waals surface area contributed by atoms with Crippen molar-refractivity contribution in [2.24, 2.45) is 5.73 Å². The molecule has 1 aromatic rings. The van der Waals surface area contributed by atoms with E-state index in [9.17, 15) is 0 Å². The smallest absolute Gasteiger partial charge is 0.0268 e. The molecule has 0 bridgehead atoms. The van der Waals surface area contributed by atoms with Gasteiger partial charge in [0, 0.05) is 6.04 Å². The maximum atomic E-state index is 6.09. The topological polar surface area (TPSA) is 26.0 Å². The lowest BCUT2D eigenvalue weighted by Gasteiger charge is -2.34. The minimum absolute atomic E-state index is 0.195. The lowest BCUT2D eigenvalue weighted by atomic mass is 9.71. The summed E-state index contributed by atoms with van der Waals surface area (Å²) in [5.74, 6) is 0.853. The molecule has 0 saturated carbocycles. The fraction of sp³-hybridized carbons (Fsp3) is 0.600. The number of nitrogens with two attached hydrogens (primary N) is 1. The fourth-order valence-electron chi connectivity index (χ4n) is 3.66. The zero-order valence-electron chi connectivity index (χ0n) is 10.1. The molecule has 86 valence electrons. The van der Waals surface area contributed by atoms with Crippen LogP contribution in [0.4, 0.5) is 0 Å². The van der Waals surface area contributed by atoms with Crippen molar-refractivity contribution >= 4 is 0 Å². The van der Waals surface area contributed by atoms with Gasteiger partial charge in [0.1, 0.15) is 0 Å². The molecule has 3 rings (SSSR count). The highest BCUT2D eigenvalue weighted by atomic mass is 14.6. The van der Waals surface area contributed by atoms with E-state index in [1.165, 1.54) is 44.1 Å². The van der Waals surface area contributed by atoms with Crippen LogP contribution in [0.2, 0.25) is 0 Å². The fourth-order valence-corrected chi connectivity index (χ4v) is 3.66. The second kappa shape index (κ2) is 3.89. The molecule has 0 aliphatic heterocycles. The molecule has 2 N–H and O–H groups in total. The van der Waals surface area contributed by atoms with Gasteiger partial charge in [0.25, 0.3) is 0 Å². The monoisotopic (exact) mass is 215 g/mol. The Bertz CT molecular complexity index is 404. The highest BCUT2D eigenvalue weighted by molar-refractivity contribution is 5.47. The maximum Gasteiger partial charge on any atom is 0.0268 e. The van der Waals surface area contributed by atoms with E-state index in [1.807, 2.05) is 0 Å². The highest BCUT2D eigenvalue weighted by Gasteiger charge is 2.28. The average molecular weight is 215 g/mol. The Kier molecular flexibility index (Phi) is 2.51. The average Bonchev–Trinajstić information content (AvgIpc) is 2.30. The van der Waals surface area contributed by atoms with E-state index >= 15 is 0 Å². The molecular weight excluding hydrogens is 194 g/mol. The van der Waals surface area contributed by atoms with E-state index in [2.05, 4.69) is 19.1 Å². The molecule has 0 fully saturated rings. The molecule has 1 heteroatoms. The predicted octanol–water partition coefficient (Wildman–Crippen LogP) is 3.46. The Morgan fingerprint density at radius 3 is 2.69 bits per heavy atom. The van der Waals surface area contributed by atoms with Crippen LogP contribution in [0.5, 0.6) is 0 Å². The first-order valence-electron chi connectivity index (χ1n) is 6.67. The summed E-state index contributed by atoms with van der Waals surface area (Å²) in [5.41, 5.74) is 12.4. The first-order chi connectivity index (χ1) is 7.77. The second-order valence-corrected chi connectivity index (χ2v) is 5.48. The summed E-state index contributed by atoms with van der Waals surface area (Å²) in [4.78, 5) is 0. The summed E-state index contributed by atoms with van der Waals surface area (Å²) in [7, 11) is 0. The Balaban J connectivity index is 2.18. The summed E-state index contributed by atoms with van der Waals surface area (Å²) >= 11 is 0. The molecule has 0 aromatic heterocycles. The number of aryl methyl sites for hydroxylation is 1. The van der Waals surface area contributed by atoms with Crippen LogP contribution >= 0.6 is 0 Å². The summed E-state index contributed by atoms with van der Waals surface area (Å²) in [5, 5.41) is 0. The number of rotatable bonds is 1. The molecule has 2 unspecified atom stereocenters. The Hall–Kier alpha value is -0.820. The van der Waals surface area contributed by atoms with E-state index < -0.39 is 0 Å². The van der Waals surface area contributed by atoms with Crippen LogP contribution in [0.3, 0.4) is 0 Å². The second-order valence-electron chi connectivity index (χ2n) is 5.48. The van der Waals surface area contributed by atoms with Crippen LogP contribution in [0.15, 0.2) is 12.1 Å². The predicted molar refractivity (Wildman–Crippen MR) is 67.7 cm³/mol. The van der Waals surface area contributed by atoms with Crippen LogP contribution in [-0.4, -0.2) is 0 Å². The summed E-state index contributed by atoms with van der Waals surface area (Å²) in [6.07, 6.45) is 8.11. The first-order valence-corrected chi connectivity index (χ1v) is 6.67. The summed E-state index contributed by atoms with van der Waals surface area (Å²) in [6, 6.07) is 4.82. The maximum absolute atomic E-state index is 6.09. The minimum Gasteiger partial charge on any atom is -0.324 e. The molecule has 0 radical (unpaired) electrons. The molecule has 2 aliphatic carbocycles. The SMILES string of the molecule is CC(N)c1ccc2c3c1CCCC3CCC2. The van der Waals surface area contributed by atoms with Crippen LogP contribution in [0.25, 0.3) is 0 Å². The molecule has 2 atom stereocenters. The third-order valence-electron chi connectivity index (χ3n) is 4.36. The van der Waals surface area contributed by atoms with Gasteiger partial charge in [-0.15, -0.1) is 0 Å². The van der Waals surface area contributed by atoms with Crippen molar-refractivity contribution in [2.75, 3.05) is 0 Å². The van der Waals surface area contributed by atoms with Crippen molar-refractivity contribution < 1.29 is 0 Å². The van der Waals surface area contributed by atoms with Gasteiger partial charge in [-0.1, -0.05) is 12.1 Å². The van der Waals surface area contributed by atoms with Gasteiger partial charge in [-0.25, -0.2) is 0 Å². The van der Waals surface area contributed by atoms with Gasteiger partial charge in [-0.2, -0.15) is 0 Å². The van der Waals surface area contributed by atoms with Crippen LogP contribution < -0.4 is 5.73 Å². The number of hydrogen-bond donors (Lipinski definition) is 1. The van der Waals surface area contributed by atoms with Crippen LogP contribution in [-0.2, 0) is 12.8 Å². The van der Waals surface area contributed by atoms with Gasteiger partial charge in [-0.05, 0) is 73.6 Å². The summed E-state index contributed by atoms with van der Waals surface area (Å²) < 4.78 is 0. The Morgan fingerprint density at radius 2 is 1.94 bits per heavy atom. The van der Waals surface area contributed by atoms with Gasteiger partial charge in [-0.3, -0.25) is 0 Å². The molecule has 0 spiro atoms. The van der Waals surface area contributed by atoms with Gasteiger partial charge < -0.3 is 5.73 Å². The van der Waals surface area contributed by atoms with E-state index in [4.69, 9.17) is 5.73 Å². The molecule has 0 saturated heterocycles. The number of hydrogen-bond acceptors (Lipinski definition) is 1. The van der Waals surface area contributed by atoms with Crippen molar-refractivity contribution in [1.82, 2.24) is 0 Å². The van der Waals surface area contributed by atoms with Gasteiger partial charge in [0.15, 0.2) is 0 Å². The largest absolute Gasteiger partial charge is 0.324 e. The van der Waals surface area contributed by atoms with Gasteiger partial charge >= 0.3 is 0 Å². The third kappa shape index (κ3) is 1.49. The van der Waals surface area contributed by atoms with Crippen molar-refractivity contribution in [1.29, 1.82) is 0 Å². The molecule has 1 aromatic carbocycles. The zero-order chi connectivity index (χ0) is 11.1. The molecule has 1 nitrogen and oxygen atoms in total. The Morgan fingerprint density at radius 1 is 1.19 bits per heavy atom. The molecular formula is C15H21N. The minimum atomic E-state index is 0.195. The van der Waals surface area contributed by atoms with Crippen LogP contribution in [0.1, 0.15) is 66.8 Å². The van der Waals surface area contributed by atoms with Gasteiger partial charge in [0.2, 0.25) is 0 Å². The van der Waals surface area contributed by atoms with E-state index in [0.29, 0.717) is 0 Å². The molecule has 16 heavy (non-hydrogen) atoms. The third-order valence-corrected chi connectivity index (χ3v) is 4.36. The zero-order valence-corrected chi connectivity index (χ0v) is 10.1. The van der Waals surface area contributed by atoms with Crippen molar-refractivity contribution in [2.45, 2.75) is 57.4 Å². The lowest BCUT2D eigenvalue weighted by molar-refractivity contribution is 0.473. The highest BCUT2D eigenvalue weighted by Crippen LogP contribution is 2.43. The van der Waals surface area contributed by atoms with E-state index in [-0.39, 0.29) is 6.04 Å². The van der Waals surface area contributed by atoms with E-state index in [0.717, 1.165) is 5.92 Å². The van der Waals surface area contributed by atoms with Crippen LogP contribution in [0, 0.1) is 0 Å². The first kappa shape index (κ1) is 10.3. The quantitative estimate of drug-likeness (QED) is 0.762. The normalized spacial score (nSPS) is 25.0. The van der Waals surface area contributed by atoms with Crippen molar-refractivity contribution in [3.63, 3.8) is 0 Å². The van der Waals surface area contributed by atoms with Gasteiger partial charge in [0.05, 0.1) is 0 Å². The van der Waals surface area contributed by atoms with E-state index in [1.54, 1.807) is 16.7 Å². The lowest BCUT2D eigenvalue weighted by Crippen LogP contribution is -2.20. The molecule has 2 aliphatic rings. The molecule has 0 heterocycles.